The first kappa shape index (κ1) is 24.9. The van der Waals surface area contributed by atoms with E-state index < -0.39 is 24.4 Å². The minimum atomic E-state index is -0.853. The van der Waals surface area contributed by atoms with Crippen molar-refractivity contribution in [3.8, 4) is 0 Å². The zero-order chi connectivity index (χ0) is 24.3. The van der Waals surface area contributed by atoms with Crippen LogP contribution in [0.15, 0.2) is 96.1 Å². The molecule has 0 saturated heterocycles. The molecule has 1 aliphatic rings. The maximum Gasteiger partial charge on any atom is 0.0954 e. The van der Waals surface area contributed by atoms with Gasteiger partial charge in [0.15, 0.2) is 0 Å². The first-order chi connectivity index (χ1) is 17.2. The van der Waals surface area contributed by atoms with Gasteiger partial charge >= 0.3 is 0 Å². The summed E-state index contributed by atoms with van der Waals surface area (Å²) in [6.07, 6.45) is -1.51. The van der Waals surface area contributed by atoms with Gasteiger partial charge in [-0.2, -0.15) is 0 Å². The molecule has 0 heterocycles. The number of azide groups is 1. The number of rotatable bonds is 11. The van der Waals surface area contributed by atoms with Crippen molar-refractivity contribution >= 4 is 0 Å². The highest BCUT2D eigenvalue weighted by molar-refractivity contribution is 5.15. The Morgan fingerprint density at radius 3 is 1.74 bits per heavy atom. The molecule has 0 spiro atoms. The molecule has 0 aliphatic heterocycles. The van der Waals surface area contributed by atoms with Crippen molar-refractivity contribution in [2.24, 2.45) is 11.0 Å². The van der Waals surface area contributed by atoms with E-state index in [0.29, 0.717) is 32.8 Å². The number of benzene rings is 3. The fraction of sp³-hybridized carbons (Fsp3) is 0.357. The molecular weight excluding hydrogens is 442 g/mol. The summed E-state index contributed by atoms with van der Waals surface area (Å²) >= 11 is 0. The lowest BCUT2D eigenvalue weighted by Gasteiger charge is -2.43. The van der Waals surface area contributed by atoms with E-state index in [2.05, 4.69) is 10.0 Å². The lowest BCUT2D eigenvalue weighted by molar-refractivity contribution is -0.169. The molecule has 3 aromatic rings. The fourth-order valence-electron chi connectivity index (χ4n) is 4.49. The molecule has 5 atom stereocenters. The van der Waals surface area contributed by atoms with E-state index in [-0.39, 0.29) is 5.92 Å². The van der Waals surface area contributed by atoms with Gasteiger partial charge < -0.3 is 19.3 Å². The van der Waals surface area contributed by atoms with E-state index in [0.717, 1.165) is 16.7 Å². The summed E-state index contributed by atoms with van der Waals surface area (Å²) in [7, 11) is 0. The Morgan fingerprint density at radius 2 is 1.23 bits per heavy atom. The highest BCUT2D eigenvalue weighted by atomic mass is 16.5. The van der Waals surface area contributed by atoms with Gasteiger partial charge in [0.05, 0.1) is 50.8 Å². The smallest absolute Gasteiger partial charge is 0.0954 e. The van der Waals surface area contributed by atoms with Gasteiger partial charge in [-0.1, -0.05) is 96.1 Å². The molecule has 1 N–H and O–H groups in total. The topological polar surface area (TPSA) is 96.7 Å². The van der Waals surface area contributed by atoms with E-state index in [9.17, 15) is 10.6 Å². The first-order valence-electron chi connectivity index (χ1n) is 11.9. The second-order valence-corrected chi connectivity index (χ2v) is 8.78. The summed E-state index contributed by atoms with van der Waals surface area (Å²) < 4.78 is 18.8. The van der Waals surface area contributed by atoms with Crippen molar-refractivity contribution in [3.63, 3.8) is 0 Å². The predicted octanol–water partition coefficient (Wildman–Crippen LogP) is 5.43. The SMILES string of the molecule is [N-]=[N+]=N[C@@H]1[C@@H](OCc2ccccc2)[C@H](OCc2ccccc2)[C@@H](COCc2ccccc2)C[C@H]1O. The molecule has 7 heteroatoms. The van der Waals surface area contributed by atoms with Crippen LogP contribution >= 0.6 is 0 Å². The Kier molecular flexibility index (Phi) is 9.29. The maximum absolute atomic E-state index is 10.9. The van der Waals surface area contributed by atoms with Crippen molar-refractivity contribution in [2.75, 3.05) is 6.61 Å². The maximum atomic E-state index is 10.9. The van der Waals surface area contributed by atoms with Crippen LogP contribution in [0.5, 0.6) is 0 Å². The highest BCUT2D eigenvalue weighted by Gasteiger charge is 2.45. The van der Waals surface area contributed by atoms with Crippen molar-refractivity contribution in [1.29, 1.82) is 0 Å². The Labute approximate surface area is 205 Å². The van der Waals surface area contributed by atoms with Gasteiger partial charge in [0, 0.05) is 10.8 Å². The second kappa shape index (κ2) is 13.0. The summed E-state index contributed by atoms with van der Waals surface area (Å²) in [4.78, 5) is 2.99. The summed E-state index contributed by atoms with van der Waals surface area (Å²) in [6.45, 7) is 1.55. The van der Waals surface area contributed by atoms with Crippen LogP contribution < -0.4 is 0 Å². The van der Waals surface area contributed by atoms with Gasteiger partial charge in [-0.05, 0) is 28.6 Å². The Bertz CT molecular complexity index is 1060. The third kappa shape index (κ3) is 7.15. The van der Waals surface area contributed by atoms with Crippen molar-refractivity contribution in [2.45, 2.75) is 50.6 Å². The zero-order valence-corrected chi connectivity index (χ0v) is 19.6. The minimum absolute atomic E-state index is 0.136. The van der Waals surface area contributed by atoms with Crippen molar-refractivity contribution < 1.29 is 19.3 Å². The molecule has 0 aromatic heterocycles. The average molecular weight is 474 g/mol. The normalized spacial score (nSPS) is 24.0. The number of aliphatic hydroxyl groups is 1. The van der Waals surface area contributed by atoms with Gasteiger partial charge in [-0.3, -0.25) is 0 Å². The van der Waals surface area contributed by atoms with Crippen molar-refractivity contribution in [1.82, 2.24) is 0 Å². The molecule has 182 valence electrons. The predicted molar refractivity (Wildman–Crippen MR) is 133 cm³/mol. The Hall–Kier alpha value is -3.19. The van der Waals surface area contributed by atoms with Crippen LogP contribution in [-0.4, -0.2) is 36.1 Å². The third-order valence-corrected chi connectivity index (χ3v) is 6.26. The van der Waals surface area contributed by atoms with E-state index in [1.807, 2.05) is 91.0 Å². The van der Waals surface area contributed by atoms with Crippen LogP contribution in [0, 0.1) is 5.92 Å². The molecule has 0 unspecified atom stereocenters. The van der Waals surface area contributed by atoms with Crippen LogP contribution in [-0.2, 0) is 34.0 Å². The van der Waals surface area contributed by atoms with Gasteiger partial charge in [0.25, 0.3) is 0 Å². The summed E-state index contributed by atoms with van der Waals surface area (Å²) in [6, 6.07) is 28.9. The Morgan fingerprint density at radius 1 is 0.743 bits per heavy atom. The summed E-state index contributed by atoms with van der Waals surface area (Å²) in [5.74, 6) is -0.136. The number of aliphatic hydroxyl groups excluding tert-OH is 1. The third-order valence-electron chi connectivity index (χ3n) is 6.26. The standard InChI is InChI=1S/C28H31N3O4/c29-31-30-26-25(32)16-24(20-33-17-21-10-4-1-5-11-21)27(34-18-22-12-6-2-7-13-22)28(26)35-19-23-14-8-3-9-15-23/h1-15,24-28,32H,16-20H2/t24-,25-,26+,27-,28-/m1/s1. The summed E-state index contributed by atoms with van der Waals surface area (Å²) in [5.41, 5.74) is 12.3. The molecule has 1 fully saturated rings. The van der Waals surface area contributed by atoms with Gasteiger partial charge in [0.2, 0.25) is 0 Å². The average Bonchev–Trinajstić information content (AvgIpc) is 2.90. The van der Waals surface area contributed by atoms with Crippen LogP contribution in [0.1, 0.15) is 23.1 Å². The summed E-state index contributed by atoms with van der Waals surface area (Å²) in [5, 5.41) is 14.8. The molecule has 1 aliphatic carbocycles. The van der Waals surface area contributed by atoms with E-state index in [1.54, 1.807) is 0 Å². The van der Waals surface area contributed by atoms with Crippen LogP contribution in [0.25, 0.3) is 10.4 Å². The molecule has 4 rings (SSSR count). The molecule has 0 amide bonds. The number of hydrogen-bond donors (Lipinski definition) is 1. The fourth-order valence-corrected chi connectivity index (χ4v) is 4.49. The van der Waals surface area contributed by atoms with Crippen molar-refractivity contribution in [3.05, 3.63) is 118 Å². The highest BCUT2D eigenvalue weighted by Crippen LogP contribution is 2.34. The first-order valence-corrected chi connectivity index (χ1v) is 11.9. The molecular formula is C28H31N3O4. The number of hydrogen-bond acceptors (Lipinski definition) is 5. The molecule has 35 heavy (non-hydrogen) atoms. The lowest BCUT2D eigenvalue weighted by atomic mass is 9.79. The monoisotopic (exact) mass is 473 g/mol. The van der Waals surface area contributed by atoms with E-state index in [4.69, 9.17) is 14.2 Å². The molecule has 1 saturated carbocycles. The van der Waals surface area contributed by atoms with E-state index >= 15 is 0 Å². The van der Waals surface area contributed by atoms with Crippen LogP contribution in [0.2, 0.25) is 0 Å². The van der Waals surface area contributed by atoms with E-state index in [1.165, 1.54) is 0 Å². The zero-order valence-electron chi connectivity index (χ0n) is 19.6. The Balaban J connectivity index is 1.52. The molecule has 0 bridgehead atoms. The van der Waals surface area contributed by atoms with Crippen LogP contribution in [0.4, 0.5) is 0 Å². The van der Waals surface area contributed by atoms with Gasteiger partial charge in [-0.25, -0.2) is 0 Å². The number of nitrogens with zero attached hydrogens (tertiary/aromatic N) is 3. The molecule has 3 aromatic carbocycles. The molecule has 7 nitrogen and oxygen atoms in total. The second-order valence-electron chi connectivity index (χ2n) is 8.78. The largest absolute Gasteiger partial charge is 0.393 e. The number of ether oxygens (including phenoxy) is 3. The molecule has 0 radical (unpaired) electrons. The lowest BCUT2D eigenvalue weighted by Crippen LogP contribution is -2.55. The van der Waals surface area contributed by atoms with Gasteiger partial charge in [0.1, 0.15) is 0 Å². The van der Waals surface area contributed by atoms with Crippen LogP contribution in [0.3, 0.4) is 0 Å². The quantitative estimate of drug-likeness (QED) is 0.228. The van der Waals surface area contributed by atoms with Gasteiger partial charge in [-0.15, -0.1) is 0 Å². The minimum Gasteiger partial charge on any atom is -0.393 e.